The van der Waals surface area contributed by atoms with Crippen LogP contribution in [0.25, 0.3) is 0 Å². The third kappa shape index (κ3) is 5.60. The molecular weight excluding hydrogens is 352 g/mol. The average Bonchev–Trinajstić information content (AvgIpc) is 2.66. The number of aryl methyl sites for hydroxylation is 1. The first-order valence-electron chi connectivity index (χ1n) is 8.83. The third-order valence-corrected chi connectivity index (χ3v) is 4.72. The zero-order valence-corrected chi connectivity index (χ0v) is 15.9. The van der Waals surface area contributed by atoms with Gasteiger partial charge in [0.25, 0.3) is 5.91 Å². The van der Waals surface area contributed by atoms with E-state index >= 15 is 0 Å². The van der Waals surface area contributed by atoms with Gasteiger partial charge in [-0.2, -0.15) is 0 Å². The number of hydrogen-bond acceptors (Lipinski definition) is 5. The van der Waals surface area contributed by atoms with Gasteiger partial charge in [-0.3, -0.25) is 14.4 Å². The van der Waals surface area contributed by atoms with Gasteiger partial charge in [-0.05, 0) is 43.5 Å². The molecule has 2 amide bonds. The van der Waals surface area contributed by atoms with E-state index in [9.17, 15) is 14.4 Å². The lowest BCUT2D eigenvalue weighted by molar-refractivity contribution is -0.146. The van der Waals surface area contributed by atoms with E-state index in [4.69, 9.17) is 14.6 Å². The van der Waals surface area contributed by atoms with Crippen LogP contribution < -0.4 is 9.47 Å². The molecule has 8 nitrogen and oxygen atoms in total. The Balaban J connectivity index is 1.79. The molecule has 1 aliphatic rings. The minimum Gasteiger partial charge on any atom is -0.496 e. The molecule has 2 rings (SSSR count). The highest BCUT2D eigenvalue weighted by atomic mass is 16.5. The van der Waals surface area contributed by atoms with Crippen molar-refractivity contribution in [3.05, 3.63) is 23.8 Å². The zero-order chi connectivity index (χ0) is 20.0. The first kappa shape index (κ1) is 20.5. The summed E-state index contributed by atoms with van der Waals surface area (Å²) < 4.78 is 10.7. The number of carboxylic acid groups (broad SMARTS) is 1. The maximum atomic E-state index is 12.3. The Morgan fingerprint density at radius 1 is 1.26 bits per heavy atom. The Hall–Kier alpha value is -2.77. The predicted molar refractivity (Wildman–Crippen MR) is 97.8 cm³/mol. The first-order valence-corrected chi connectivity index (χ1v) is 8.83. The van der Waals surface area contributed by atoms with Crippen molar-refractivity contribution < 1.29 is 29.0 Å². The molecule has 1 N–H and O–H groups in total. The third-order valence-electron chi connectivity index (χ3n) is 4.72. The fourth-order valence-electron chi connectivity index (χ4n) is 2.96. The number of piperidine rings is 1. The molecule has 1 saturated heterocycles. The van der Waals surface area contributed by atoms with Crippen molar-refractivity contribution in [2.75, 3.05) is 40.4 Å². The van der Waals surface area contributed by atoms with Crippen molar-refractivity contribution in [2.45, 2.75) is 19.8 Å². The van der Waals surface area contributed by atoms with Crippen LogP contribution in [0.1, 0.15) is 18.4 Å². The van der Waals surface area contributed by atoms with Gasteiger partial charge in [0.05, 0.1) is 19.6 Å². The average molecular weight is 378 g/mol. The number of carbonyl (C=O) groups excluding carboxylic acids is 2. The number of ether oxygens (including phenoxy) is 2. The summed E-state index contributed by atoms with van der Waals surface area (Å²) in [6.45, 7) is 2.46. The van der Waals surface area contributed by atoms with Gasteiger partial charge in [0, 0.05) is 20.1 Å². The Morgan fingerprint density at radius 2 is 1.93 bits per heavy atom. The highest BCUT2D eigenvalue weighted by molar-refractivity contribution is 5.85. The number of likely N-dealkylation sites (N-methyl/N-ethyl adjacent to an activating group) is 1. The van der Waals surface area contributed by atoms with E-state index in [1.54, 1.807) is 37.3 Å². The normalized spacial score (nSPS) is 14.6. The molecule has 1 aliphatic heterocycles. The van der Waals surface area contributed by atoms with E-state index in [0.717, 1.165) is 11.3 Å². The Morgan fingerprint density at radius 3 is 2.48 bits per heavy atom. The molecular formula is C19H26N2O6. The molecule has 0 bridgehead atoms. The Kier molecular flexibility index (Phi) is 7.04. The van der Waals surface area contributed by atoms with Crippen molar-refractivity contribution in [3.8, 4) is 11.5 Å². The zero-order valence-electron chi connectivity index (χ0n) is 15.9. The summed E-state index contributed by atoms with van der Waals surface area (Å²) in [4.78, 5) is 38.4. The maximum Gasteiger partial charge on any atom is 0.306 e. The molecule has 8 heteroatoms. The number of likely N-dealkylation sites (tertiary alicyclic amines) is 1. The van der Waals surface area contributed by atoms with E-state index < -0.39 is 11.9 Å². The van der Waals surface area contributed by atoms with Gasteiger partial charge < -0.3 is 24.4 Å². The smallest absolute Gasteiger partial charge is 0.306 e. The molecule has 1 aromatic rings. The maximum absolute atomic E-state index is 12.3. The topological polar surface area (TPSA) is 96.4 Å². The van der Waals surface area contributed by atoms with Crippen LogP contribution in [-0.4, -0.2) is 73.1 Å². The van der Waals surface area contributed by atoms with Crippen LogP contribution in [-0.2, 0) is 14.4 Å². The van der Waals surface area contributed by atoms with Gasteiger partial charge in [0.2, 0.25) is 5.91 Å². The lowest BCUT2D eigenvalue weighted by Crippen LogP contribution is -2.46. The second-order valence-electron chi connectivity index (χ2n) is 6.66. The summed E-state index contributed by atoms with van der Waals surface area (Å²) >= 11 is 0. The number of rotatable bonds is 7. The highest BCUT2D eigenvalue weighted by Crippen LogP contribution is 2.23. The van der Waals surface area contributed by atoms with Gasteiger partial charge in [-0.25, -0.2) is 0 Å². The molecule has 1 heterocycles. The molecule has 0 radical (unpaired) electrons. The van der Waals surface area contributed by atoms with Crippen LogP contribution in [0, 0.1) is 12.8 Å². The summed E-state index contributed by atoms with van der Waals surface area (Å²) in [5.41, 5.74) is 0.899. The van der Waals surface area contributed by atoms with E-state index in [1.165, 1.54) is 4.90 Å². The molecule has 0 aliphatic carbocycles. The number of methoxy groups -OCH3 is 1. The molecule has 0 unspecified atom stereocenters. The van der Waals surface area contributed by atoms with E-state index in [0.29, 0.717) is 31.7 Å². The van der Waals surface area contributed by atoms with Gasteiger partial charge >= 0.3 is 5.97 Å². The lowest BCUT2D eigenvalue weighted by atomic mass is 9.97. The van der Waals surface area contributed by atoms with Crippen molar-refractivity contribution in [1.29, 1.82) is 0 Å². The van der Waals surface area contributed by atoms with Crippen LogP contribution in [0.4, 0.5) is 0 Å². The quantitative estimate of drug-likeness (QED) is 0.765. The first-order chi connectivity index (χ1) is 12.8. The van der Waals surface area contributed by atoms with Crippen LogP contribution in [0.5, 0.6) is 11.5 Å². The largest absolute Gasteiger partial charge is 0.496 e. The summed E-state index contributed by atoms with van der Waals surface area (Å²) in [5, 5.41) is 9.00. The SMILES string of the molecule is COc1ccc(OCC(=O)N(C)CC(=O)N2CCC(C(=O)O)CC2)cc1C. The number of hydrogen-bond donors (Lipinski definition) is 1. The molecule has 148 valence electrons. The van der Waals surface area contributed by atoms with Crippen LogP contribution >= 0.6 is 0 Å². The summed E-state index contributed by atoms with van der Waals surface area (Å²) in [5.74, 6) is -0.414. The summed E-state index contributed by atoms with van der Waals surface area (Å²) in [6.07, 6.45) is 0.886. The molecule has 0 saturated carbocycles. The number of nitrogens with zero attached hydrogens (tertiary/aromatic N) is 2. The molecule has 1 fully saturated rings. The van der Waals surface area contributed by atoms with Gasteiger partial charge in [-0.15, -0.1) is 0 Å². The van der Waals surface area contributed by atoms with Crippen molar-refractivity contribution in [1.82, 2.24) is 9.80 Å². The number of aliphatic carboxylic acids is 1. The Bertz CT molecular complexity index is 697. The number of carboxylic acids is 1. The van der Waals surface area contributed by atoms with Crippen LogP contribution in [0.2, 0.25) is 0 Å². The minimum atomic E-state index is -0.819. The van der Waals surface area contributed by atoms with Crippen molar-refractivity contribution >= 4 is 17.8 Å². The summed E-state index contributed by atoms with van der Waals surface area (Å²) in [7, 11) is 3.13. The van der Waals surface area contributed by atoms with Crippen LogP contribution in [0.3, 0.4) is 0 Å². The number of benzene rings is 1. The van der Waals surface area contributed by atoms with E-state index in [2.05, 4.69) is 0 Å². The number of carbonyl (C=O) groups is 3. The van der Waals surface area contributed by atoms with Crippen molar-refractivity contribution in [2.24, 2.45) is 5.92 Å². The summed E-state index contributed by atoms with van der Waals surface area (Å²) in [6, 6.07) is 5.27. The van der Waals surface area contributed by atoms with Crippen LogP contribution in [0.15, 0.2) is 18.2 Å². The second kappa shape index (κ2) is 9.25. The van der Waals surface area contributed by atoms with Crippen molar-refractivity contribution in [3.63, 3.8) is 0 Å². The van der Waals surface area contributed by atoms with E-state index in [1.807, 2.05) is 6.92 Å². The predicted octanol–water partition coefficient (Wildman–Crippen LogP) is 1.16. The fourth-order valence-corrected chi connectivity index (χ4v) is 2.96. The highest BCUT2D eigenvalue weighted by Gasteiger charge is 2.27. The minimum absolute atomic E-state index is 0.0540. The second-order valence-corrected chi connectivity index (χ2v) is 6.66. The van der Waals surface area contributed by atoms with Gasteiger partial charge in [0.15, 0.2) is 6.61 Å². The fraction of sp³-hybridized carbons (Fsp3) is 0.526. The monoisotopic (exact) mass is 378 g/mol. The molecule has 27 heavy (non-hydrogen) atoms. The molecule has 0 atom stereocenters. The number of amides is 2. The van der Waals surface area contributed by atoms with Gasteiger partial charge in [0.1, 0.15) is 11.5 Å². The molecule has 0 spiro atoms. The molecule has 0 aromatic heterocycles. The molecule has 1 aromatic carbocycles. The Labute approximate surface area is 158 Å². The van der Waals surface area contributed by atoms with Gasteiger partial charge in [-0.1, -0.05) is 0 Å². The standard InChI is InChI=1S/C19H26N2O6/c1-13-10-15(4-5-16(13)26-3)27-12-18(23)20(2)11-17(22)21-8-6-14(7-9-21)19(24)25/h4-5,10,14H,6-9,11-12H2,1-3H3,(H,24,25). The lowest BCUT2D eigenvalue weighted by Gasteiger charge is -2.31. The van der Waals surface area contributed by atoms with E-state index in [-0.39, 0.29) is 25.0 Å².